The van der Waals surface area contributed by atoms with E-state index in [0.29, 0.717) is 13.0 Å². The molecule has 0 radical (unpaired) electrons. The molecule has 1 atom stereocenters. The van der Waals surface area contributed by atoms with Crippen LogP contribution in [0.15, 0.2) is 30.3 Å². The first kappa shape index (κ1) is 11.6. The molecule has 0 bridgehead atoms. The van der Waals surface area contributed by atoms with Crippen molar-refractivity contribution in [1.82, 2.24) is 5.32 Å². The molecular formula is C12H17NO2. The van der Waals surface area contributed by atoms with Crippen molar-refractivity contribution >= 4 is 5.91 Å². The summed E-state index contributed by atoms with van der Waals surface area (Å²) in [5.41, 5.74) is 0. The van der Waals surface area contributed by atoms with Gasteiger partial charge in [0.2, 0.25) is 5.91 Å². The Bertz CT molecular complexity index is 298. The molecule has 0 saturated heterocycles. The third kappa shape index (κ3) is 4.49. The van der Waals surface area contributed by atoms with Gasteiger partial charge in [-0.2, -0.15) is 0 Å². The van der Waals surface area contributed by atoms with E-state index in [0.717, 1.165) is 5.75 Å². The Hall–Kier alpha value is -1.51. The van der Waals surface area contributed by atoms with Crippen LogP contribution in [0.1, 0.15) is 20.3 Å². The Kier molecular flexibility index (Phi) is 4.68. The number of carbonyl (C=O) groups excluding carboxylic acids is 1. The van der Waals surface area contributed by atoms with Crippen LogP contribution < -0.4 is 10.1 Å². The van der Waals surface area contributed by atoms with Crippen LogP contribution in [0, 0.1) is 0 Å². The van der Waals surface area contributed by atoms with Crippen LogP contribution in [-0.4, -0.2) is 18.6 Å². The molecule has 0 heterocycles. The van der Waals surface area contributed by atoms with E-state index in [1.807, 2.05) is 44.2 Å². The Morgan fingerprint density at radius 1 is 1.40 bits per heavy atom. The number of nitrogens with one attached hydrogen (secondary N) is 1. The van der Waals surface area contributed by atoms with E-state index in [2.05, 4.69) is 5.32 Å². The fourth-order valence-corrected chi connectivity index (χ4v) is 1.16. The summed E-state index contributed by atoms with van der Waals surface area (Å²) < 4.78 is 5.50. The average Bonchev–Trinajstić information content (AvgIpc) is 2.27. The summed E-state index contributed by atoms with van der Waals surface area (Å²) >= 11 is 0. The van der Waals surface area contributed by atoms with E-state index in [-0.39, 0.29) is 11.9 Å². The number of hydrogen-bond donors (Lipinski definition) is 1. The molecular weight excluding hydrogens is 190 g/mol. The molecule has 1 aromatic rings. The molecule has 1 amide bonds. The zero-order valence-electron chi connectivity index (χ0n) is 9.19. The Balaban J connectivity index is 2.28. The topological polar surface area (TPSA) is 38.3 Å². The first-order valence-corrected chi connectivity index (χ1v) is 5.19. The van der Waals surface area contributed by atoms with E-state index in [1.54, 1.807) is 0 Å². The van der Waals surface area contributed by atoms with Gasteiger partial charge in [0.1, 0.15) is 12.4 Å². The van der Waals surface area contributed by atoms with Crippen LogP contribution in [0.4, 0.5) is 0 Å². The molecule has 1 aromatic carbocycles. The van der Waals surface area contributed by atoms with E-state index < -0.39 is 0 Å². The summed E-state index contributed by atoms with van der Waals surface area (Å²) in [4.78, 5) is 11.1. The van der Waals surface area contributed by atoms with Crippen molar-refractivity contribution in [2.75, 3.05) is 6.61 Å². The SMILES string of the molecule is CCC(=O)N[C@H](C)COc1ccccc1. The maximum absolute atomic E-state index is 11.1. The largest absolute Gasteiger partial charge is 0.491 e. The lowest BCUT2D eigenvalue weighted by Crippen LogP contribution is -2.36. The second-order valence-corrected chi connectivity index (χ2v) is 3.45. The molecule has 0 aliphatic heterocycles. The fraction of sp³-hybridized carbons (Fsp3) is 0.417. The minimum absolute atomic E-state index is 0.0395. The van der Waals surface area contributed by atoms with Crippen LogP contribution >= 0.6 is 0 Å². The quantitative estimate of drug-likeness (QED) is 0.801. The number of para-hydroxylation sites is 1. The predicted octanol–water partition coefficient (Wildman–Crippen LogP) is 1.98. The zero-order valence-corrected chi connectivity index (χ0v) is 9.19. The number of ether oxygens (including phenoxy) is 1. The van der Waals surface area contributed by atoms with Gasteiger partial charge in [-0.15, -0.1) is 0 Å². The van der Waals surface area contributed by atoms with Gasteiger partial charge >= 0.3 is 0 Å². The summed E-state index contributed by atoms with van der Waals surface area (Å²) in [6, 6.07) is 9.62. The van der Waals surface area contributed by atoms with Gasteiger partial charge in [-0.25, -0.2) is 0 Å². The van der Waals surface area contributed by atoms with Crippen LogP contribution in [0.5, 0.6) is 5.75 Å². The van der Waals surface area contributed by atoms with Gasteiger partial charge in [0, 0.05) is 6.42 Å². The molecule has 0 aromatic heterocycles. The molecule has 0 spiro atoms. The number of benzene rings is 1. The van der Waals surface area contributed by atoms with Crippen molar-refractivity contribution in [3.8, 4) is 5.75 Å². The summed E-state index contributed by atoms with van der Waals surface area (Å²) in [5.74, 6) is 0.884. The molecule has 3 nitrogen and oxygen atoms in total. The molecule has 3 heteroatoms. The molecule has 0 unspecified atom stereocenters. The lowest BCUT2D eigenvalue weighted by molar-refractivity contribution is -0.121. The number of rotatable bonds is 5. The third-order valence-electron chi connectivity index (χ3n) is 1.97. The fourth-order valence-electron chi connectivity index (χ4n) is 1.16. The number of carbonyl (C=O) groups is 1. The van der Waals surface area contributed by atoms with Gasteiger partial charge in [-0.1, -0.05) is 25.1 Å². The van der Waals surface area contributed by atoms with Gasteiger partial charge in [0.25, 0.3) is 0 Å². The molecule has 1 rings (SSSR count). The van der Waals surface area contributed by atoms with Gasteiger partial charge < -0.3 is 10.1 Å². The van der Waals surface area contributed by atoms with Gasteiger partial charge in [-0.3, -0.25) is 4.79 Å². The van der Waals surface area contributed by atoms with Crippen LogP contribution in [0.25, 0.3) is 0 Å². The molecule has 0 aliphatic rings. The second-order valence-electron chi connectivity index (χ2n) is 3.45. The highest BCUT2D eigenvalue weighted by atomic mass is 16.5. The summed E-state index contributed by atoms with van der Waals surface area (Å²) in [7, 11) is 0. The molecule has 0 saturated carbocycles. The summed E-state index contributed by atoms with van der Waals surface area (Å²) in [6.45, 7) is 4.26. The Morgan fingerprint density at radius 2 is 2.07 bits per heavy atom. The molecule has 82 valence electrons. The maximum atomic E-state index is 11.1. The Morgan fingerprint density at radius 3 is 2.67 bits per heavy atom. The van der Waals surface area contributed by atoms with E-state index >= 15 is 0 Å². The highest BCUT2D eigenvalue weighted by Gasteiger charge is 2.05. The standard InChI is InChI=1S/C12H17NO2/c1-3-12(14)13-10(2)9-15-11-7-5-4-6-8-11/h4-8,10H,3,9H2,1-2H3,(H,13,14)/t10-/m1/s1. The highest BCUT2D eigenvalue weighted by molar-refractivity contribution is 5.75. The van der Waals surface area contributed by atoms with Crippen molar-refractivity contribution in [2.24, 2.45) is 0 Å². The monoisotopic (exact) mass is 207 g/mol. The predicted molar refractivity (Wildman–Crippen MR) is 59.8 cm³/mol. The lowest BCUT2D eigenvalue weighted by atomic mass is 10.3. The third-order valence-corrected chi connectivity index (χ3v) is 1.97. The summed E-state index contributed by atoms with van der Waals surface area (Å²) in [5, 5.41) is 2.84. The molecule has 0 fully saturated rings. The van der Waals surface area contributed by atoms with Gasteiger partial charge in [0.05, 0.1) is 6.04 Å². The van der Waals surface area contributed by atoms with Crippen LogP contribution in [0.3, 0.4) is 0 Å². The minimum Gasteiger partial charge on any atom is -0.491 e. The van der Waals surface area contributed by atoms with Gasteiger partial charge in [-0.05, 0) is 19.1 Å². The number of amides is 1. The molecule has 0 aliphatic carbocycles. The maximum Gasteiger partial charge on any atom is 0.220 e. The number of hydrogen-bond acceptors (Lipinski definition) is 2. The zero-order chi connectivity index (χ0) is 11.1. The highest BCUT2D eigenvalue weighted by Crippen LogP contribution is 2.08. The van der Waals surface area contributed by atoms with Gasteiger partial charge in [0.15, 0.2) is 0 Å². The van der Waals surface area contributed by atoms with Crippen molar-refractivity contribution < 1.29 is 9.53 Å². The first-order valence-electron chi connectivity index (χ1n) is 5.19. The lowest BCUT2D eigenvalue weighted by Gasteiger charge is -2.14. The summed E-state index contributed by atoms with van der Waals surface area (Å²) in [6.07, 6.45) is 0.510. The van der Waals surface area contributed by atoms with E-state index in [9.17, 15) is 4.79 Å². The normalized spacial score (nSPS) is 11.9. The Labute approximate surface area is 90.4 Å². The van der Waals surface area contributed by atoms with Crippen molar-refractivity contribution in [1.29, 1.82) is 0 Å². The van der Waals surface area contributed by atoms with E-state index in [4.69, 9.17) is 4.74 Å². The van der Waals surface area contributed by atoms with Crippen molar-refractivity contribution in [3.05, 3.63) is 30.3 Å². The average molecular weight is 207 g/mol. The van der Waals surface area contributed by atoms with Crippen molar-refractivity contribution in [3.63, 3.8) is 0 Å². The second kappa shape index (κ2) is 6.06. The van der Waals surface area contributed by atoms with Crippen LogP contribution in [-0.2, 0) is 4.79 Å². The van der Waals surface area contributed by atoms with E-state index in [1.165, 1.54) is 0 Å². The smallest absolute Gasteiger partial charge is 0.220 e. The van der Waals surface area contributed by atoms with Crippen LogP contribution in [0.2, 0.25) is 0 Å². The molecule has 15 heavy (non-hydrogen) atoms. The minimum atomic E-state index is 0.0395. The molecule has 1 N–H and O–H groups in total. The first-order chi connectivity index (χ1) is 7.22. The van der Waals surface area contributed by atoms with Crippen molar-refractivity contribution in [2.45, 2.75) is 26.3 Å².